The van der Waals surface area contributed by atoms with E-state index in [1.165, 1.54) is 19.3 Å². The van der Waals surface area contributed by atoms with Gasteiger partial charge in [-0.3, -0.25) is 0 Å². The smallest absolute Gasteiger partial charge is 0.0258 e. The second-order valence-corrected chi connectivity index (χ2v) is 10.1. The van der Waals surface area contributed by atoms with Gasteiger partial charge >= 0.3 is 0 Å². The molecule has 4 rings (SSSR count). The lowest BCUT2D eigenvalue weighted by atomic mass is 9.41. The molecule has 0 radical (unpaired) electrons. The predicted octanol–water partition coefficient (Wildman–Crippen LogP) is 6.06. The Balaban J connectivity index is 1.72. The van der Waals surface area contributed by atoms with Crippen molar-refractivity contribution in [1.82, 2.24) is 0 Å². The number of rotatable bonds is 0. The lowest BCUT2D eigenvalue weighted by Gasteiger charge is -2.64. The molecule has 0 aliphatic heterocycles. The van der Waals surface area contributed by atoms with Crippen molar-refractivity contribution in [3.63, 3.8) is 0 Å². The van der Waals surface area contributed by atoms with Crippen LogP contribution in [0.25, 0.3) is 0 Å². The maximum Gasteiger partial charge on any atom is -0.0258 e. The largest absolute Gasteiger partial charge is 0.0622 e. The Labute approximate surface area is 126 Å². The Kier molecular flexibility index (Phi) is 2.76. The molecule has 0 N–H and O–H groups in total. The molecule has 0 saturated heterocycles. The third kappa shape index (κ3) is 1.60. The molecule has 2 bridgehead atoms. The van der Waals surface area contributed by atoms with Gasteiger partial charge in [-0.1, -0.05) is 34.1 Å². The molecule has 20 heavy (non-hydrogen) atoms. The van der Waals surface area contributed by atoms with Crippen LogP contribution in [0.4, 0.5) is 0 Å². The Morgan fingerprint density at radius 2 is 1.60 bits per heavy atom. The van der Waals surface area contributed by atoms with Crippen molar-refractivity contribution in [3.05, 3.63) is 0 Å². The highest BCUT2D eigenvalue weighted by molar-refractivity contribution is 5.12. The molecule has 0 unspecified atom stereocenters. The molecule has 114 valence electrons. The minimum Gasteiger partial charge on any atom is -0.0622 e. The highest BCUT2D eigenvalue weighted by Gasteiger charge is 2.63. The molecule has 4 fully saturated rings. The van der Waals surface area contributed by atoms with Gasteiger partial charge < -0.3 is 0 Å². The number of hydrogen-bond acceptors (Lipinski definition) is 0. The molecule has 4 aliphatic carbocycles. The SMILES string of the molecule is C[C@H]1C[C@@]23CC[C@H]4C(C)(C)CCC[C@]4(C)[C@H]2CC[C@@H]1C3. The minimum atomic E-state index is 0.607. The molecule has 0 aromatic heterocycles. The zero-order valence-electron chi connectivity index (χ0n) is 14.2. The van der Waals surface area contributed by atoms with Crippen LogP contribution < -0.4 is 0 Å². The van der Waals surface area contributed by atoms with Gasteiger partial charge in [0, 0.05) is 0 Å². The van der Waals surface area contributed by atoms with Crippen LogP contribution >= 0.6 is 0 Å². The summed E-state index contributed by atoms with van der Waals surface area (Å²) in [5.41, 5.74) is 2.06. The van der Waals surface area contributed by atoms with E-state index in [4.69, 9.17) is 0 Å². The van der Waals surface area contributed by atoms with Gasteiger partial charge in [-0.25, -0.2) is 0 Å². The summed E-state index contributed by atoms with van der Waals surface area (Å²) in [6.45, 7) is 10.4. The topological polar surface area (TPSA) is 0 Å². The van der Waals surface area contributed by atoms with Crippen LogP contribution in [0.1, 0.15) is 85.5 Å². The lowest BCUT2D eigenvalue weighted by molar-refractivity contribution is -0.144. The summed E-state index contributed by atoms with van der Waals surface area (Å²) in [5, 5.41) is 0. The quantitative estimate of drug-likeness (QED) is 0.504. The van der Waals surface area contributed by atoms with Gasteiger partial charge in [0.25, 0.3) is 0 Å². The van der Waals surface area contributed by atoms with Crippen molar-refractivity contribution in [1.29, 1.82) is 0 Å². The Bertz CT molecular complexity index is 404. The Morgan fingerprint density at radius 1 is 0.800 bits per heavy atom. The molecular formula is C20H34. The Morgan fingerprint density at radius 3 is 2.40 bits per heavy atom. The Hall–Kier alpha value is 0. The highest BCUT2D eigenvalue weighted by Crippen LogP contribution is 2.72. The van der Waals surface area contributed by atoms with Crippen molar-refractivity contribution in [2.45, 2.75) is 85.5 Å². The van der Waals surface area contributed by atoms with E-state index < -0.39 is 0 Å². The first-order chi connectivity index (χ1) is 9.37. The third-order valence-electron chi connectivity index (χ3n) is 8.77. The molecule has 0 amide bonds. The standard InChI is InChI=1S/C20H34/c1-14-12-20-11-8-16-18(2,3)9-5-10-19(16,4)17(20)7-6-15(14)13-20/h14-17H,5-13H2,1-4H3/t14-,15+,16-,17+,19-,20+/m0/s1. The first-order valence-corrected chi connectivity index (χ1v) is 9.37. The number of fused-ring (bicyclic) bond motifs is 3. The maximum atomic E-state index is 2.72. The van der Waals surface area contributed by atoms with Gasteiger partial charge in [-0.2, -0.15) is 0 Å². The summed E-state index contributed by atoms with van der Waals surface area (Å²) in [7, 11) is 0. The average Bonchev–Trinajstić information content (AvgIpc) is 2.58. The summed E-state index contributed by atoms with van der Waals surface area (Å²) in [4.78, 5) is 0. The fourth-order valence-electron chi connectivity index (χ4n) is 8.12. The molecular weight excluding hydrogens is 240 g/mol. The highest BCUT2D eigenvalue weighted by atomic mass is 14.7. The molecule has 0 heterocycles. The van der Waals surface area contributed by atoms with Gasteiger partial charge in [-0.05, 0) is 91.3 Å². The predicted molar refractivity (Wildman–Crippen MR) is 85.5 cm³/mol. The van der Waals surface area contributed by atoms with E-state index in [1.54, 1.807) is 38.5 Å². The van der Waals surface area contributed by atoms with Gasteiger partial charge in [-0.15, -0.1) is 0 Å². The van der Waals surface area contributed by atoms with Crippen LogP contribution in [0.5, 0.6) is 0 Å². The number of hydrogen-bond donors (Lipinski definition) is 0. The van der Waals surface area contributed by atoms with E-state index in [2.05, 4.69) is 27.7 Å². The summed E-state index contributed by atoms with van der Waals surface area (Å²) in [6.07, 6.45) is 13.9. The zero-order valence-corrected chi connectivity index (χ0v) is 14.2. The fraction of sp³-hybridized carbons (Fsp3) is 1.00. The van der Waals surface area contributed by atoms with Crippen LogP contribution in [0.2, 0.25) is 0 Å². The van der Waals surface area contributed by atoms with E-state index in [0.29, 0.717) is 10.8 Å². The summed E-state index contributed by atoms with van der Waals surface area (Å²) in [5.74, 6) is 4.18. The van der Waals surface area contributed by atoms with Crippen LogP contribution in [0.15, 0.2) is 0 Å². The monoisotopic (exact) mass is 274 g/mol. The molecule has 6 atom stereocenters. The maximum absolute atomic E-state index is 2.72. The lowest BCUT2D eigenvalue weighted by Crippen LogP contribution is -2.55. The van der Waals surface area contributed by atoms with E-state index in [9.17, 15) is 0 Å². The first-order valence-electron chi connectivity index (χ1n) is 9.37. The van der Waals surface area contributed by atoms with Crippen LogP contribution in [-0.4, -0.2) is 0 Å². The van der Waals surface area contributed by atoms with Gasteiger partial charge in [0.05, 0.1) is 0 Å². The van der Waals surface area contributed by atoms with E-state index in [0.717, 1.165) is 29.1 Å². The fourth-order valence-corrected chi connectivity index (χ4v) is 8.12. The average molecular weight is 274 g/mol. The van der Waals surface area contributed by atoms with E-state index in [1.807, 2.05) is 0 Å². The molecule has 0 aromatic carbocycles. The minimum absolute atomic E-state index is 0.607. The van der Waals surface area contributed by atoms with Crippen molar-refractivity contribution >= 4 is 0 Å². The summed E-state index contributed by atoms with van der Waals surface area (Å²) < 4.78 is 0. The summed E-state index contributed by atoms with van der Waals surface area (Å²) >= 11 is 0. The van der Waals surface area contributed by atoms with Crippen LogP contribution in [0, 0.1) is 39.9 Å². The summed E-state index contributed by atoms with van der Waals surface area (Å²) in [6, 6.07) is 0. The molecule has 4 saturated carbocycles. The second kappa shape index (κ2) is 4.05. The van der Waals surface area contributed by atoms with Crippen molar-refractivity contribution in [2.24, 2.45) is 39.9 Å². The first kappa shape index (κ1) is 13.6. The second-order valence-electron chi connectivity index (χ2n) is 10.1. The zero-order chi connectivity index (χ0) is 14.2. The molecule has 4 aliphatic rings. The molecule has 0 aromatic rings. The van der Waals surface area contributed by atoms with Crippen molar-refractivity contribution < 1.29 is 0 Å². The van der Waals surface area contributed by atoms with E-state index >= 15 is 0 Å². The molecule has 1 spiro atoms. The third-order valence-corrected chi connectivity index (χ3v) is 8.77. The van der Waals surface area contributed by atoms with Gasteiger partial charge in [0.2, 0.25) is 0 Å². The van der Waals surface area contributed by atoms with Crippen molar-refractivity contribution in [3.8, 4) is 0 Å². The molecule has 0 nitrogen and oxygen atoms in total. The van der Waals surface area contributed by atoms with Crippen molar-refractivity contribution in [2.75, 3.05) is 0 Å². The molecule has 0 heteroatoms. The normalized spacial score (nSPS) is 57.0. The van der Waals surface area contributed by atoms with Gasteiger partial charge in [0.1, 0.15) is 0 Å². The van der Waals surface area contributed by atoms with Crippen LogP contribution in [0.3, 0.4) is 0 Å². The van der Waals surface area contributed by atoms with E-state index in [-0.39, 0.29) is 0 Å². The van der Waals surface area contributed by atoms with Crippen LogP contribution in [-0.2, 0) is 0 Å². The van der Waals surface area contributed by atoms with Gasteiger partial charge in [0.15, 0.2) is 0 Å².